The van der Waals surface area contributed by atoms with Gasteiger partial charge in [0.1, 0.15) is 11.5 Å². The van der Waals surface area contributed by atoms with Crippen LogP contribution in [-0.2, 0) is 16.6 Å². The van der Waals surface area contributed by atoms with Crippen LogP contribution in [-0.4, -0.2) is 26.4 Å². The molecule has 0 aliphatic heterocycles. The highest BCUT2D eigenvalue weighted by molar-refractivity contribution is 7.89. The van der Waals surface area contributed by atoms with Gasteiger partial charge >= 0.3 is 5.97 Å². The number of hydrogen-bond donors (Lipinski definition) is 1. The zero-order chi connectivity index (χ0) is 26.4. The average molecular weight is 519 g/mol. The number of ether oxygens (including phenoxy) is 2. The number of carbonyl (C=O) groups is 1. The molecule has 0 aromatic heterocycles. The molecule has 0 fully saturated rings. The van der Waals surface area contributed by atoms with Gasteiger partial charge in [0.15, 0.2) is 0 Å². The molecule has 4 aromatic carbocycles. The minimum absolute atomic E-state index is 0.0654. The van der Waals surface area contributed by atoms with Gasteiger partial charge < -0.3 is 9.47 Å². The number of hydrogen-bond acceptors (Lipinski definition) is 7. The third kappa shape index (κ3) is 6.37. The van der Waals surface area contributed by atoms with Crippen LogP contribution in [0.2, 0.25) is 0 Å². The summed E-state index contributed by atoms with van der Waals surface area (Å²) in [6.45, 7) is 0.143. The molecule has 0 heterocycles. The second-order valence-electron chi connectivity index (χ2n) is 7.92. The molecule has 0 aliphatic carbocycles. The van der Waals surface area contributed by atoms with Crippen molar-refractivity contribution in [3.63, 3.8) is 0 Å². The fourth-order valence-electron chi connectivity index (χ4n) is 3.46. The molecule has 0 saturated carbocycles. The molecule has 1 N–H and O–H groups in total. The first kappa shape index (κ1) is 25.5. The van der Waals surface area contributed by atoms with Gasteiger partial charge in [0.2, 0.25) is 10.0 Å². The Balaban J connectivity index is 1.39. The van der Waals surface area contributed by atoms with E-state index in [9.17, 15) is 23.3 Å². The van der Waals surface area contributed by atoms with Gasteiger partial charge in [-0.05, 0) is 59.2 Å². The fourth-order valence-corrected chi connectivity index (χ4v) is 4.48. The number of methoxy groups -OCH3 is 1. The largest absolute Gasteiger partial charge is 0.497 e. The van der Waals surface area contributed by atoms with Crippen molar-refractivity contribution in [2.75, 3.05) is 7.11 Å². The van der Waals surface area contributed by atoms with Crippen molar-refractivity contribution in [2.45, 2.75) is 11.4 Å². The van der Waals surface area contributed by atoms with Gasteiger partial charge in [-0.15, -0.1) is 0 Å². The Morgan fingerprint density at radius 1 is 0.865 bits per heavy atom. The van der Waals surface area contributed by atoms with Gasteiger partial charge in [-0.3, -0.25) is 10.1 Å². The lowest BCUT2D eigenvalue weighted by Crippen LogP contribution is -2.23. The molecule has 0 bridgehead atoms. The number of nitro benzene ring substituents is 1. The van der Waals surface area contributed by atoms with E-state index in [0.717, 1.165) is 22.8 Å². The van der Waals surface area contributed by atoms with Crippen LogP contribution in [0.25, 0.3) is 11.1 Å². The zero-order valence-electron chi connectivity index (χ0n) is 19.7. The number of nitro groups is 1. The smallest absolute Gasteiger partial charge is 0.343 e. The summed E-state index contributed by atoms with van der Waals surface area (Å²) in [6, 6.07) is 25.4. The zero-order valence-corrected chi connectivity index (χ0v) is 20.5. The molecular weight excluding hydrogens is 496 g/mol. The lowest BCUT2D eigenvalue weighted by molar-refractivity contribution is -0.384. The van der Waals surface area contributed by atoms with Crippen LogP contribution in [0.1, 0.15) is 15.9 Å². The van der Waals surface area contributed by atoms with Crippen molar-refractivity contribution in [3.05, 3.63) is 118 Å². The molecule has 0 saturated heterocycles. The van der Waals surface area contributed by atoms with Crippen molar-refractivity contribution in [1.29, 1.82) is 0 Å². The second kappa shape index (κ2) is 11.0. The van der Waals surface area contributed by atoms with E-state index in [1.807, 2.05) is 0 Å². The first-order valence-corrected chi connectivity index (χ1v) is 12.5. The average Bonchev–Trinajstić information content (AvgIpc) is 2.93. The number of rotatable bonds is 9. The van der Waals surface area contributed by atoms with Crippen molar-refractivity contribution < 1.29 is 27.6 Å². The topological polar surface area (TPSA) is 125 Å². The molecule has 0 amide bonds. The number of benzene rings is 4. The van der Waals surface area contributed by atoms with Gasteiger partial charge in [-0.25, -0.2) is 17.9 Å². The van der Waals surface area contributed by atoms with Crippen molar-refractivity contribution in [1.82, 2.24) is 4.72 Å². The minimum atomic E-state index is -3.71. The highest BCUT2D eigenvalue weighted by Crippen LogP contribution is 2.25. The number of nitrogens with zero attached hydrogens (tertiary/aromatic N) is 1. The third-order valence-corrected chi connectivity index (χ3v) is 6.90. The molecule has 0 unspecified atom stereocenters. The molecule has 9 nitrogen and oxygen atoms in total. The Morgan fingerprint density at radius 2 is 1.46 bits per heavy atom. The van der Waals surface area contributed by atoms with Gasteiger partial charge in [-0.2, -0.15) is 0 Å². The number of carbonyl (C=O) groups excluding carboxylic acids is 1. The fraction of sp³-hybridized carbons (Fsp3) is 0.0741. The van der Waals surface area contributed by atoms with Gasteiger partial charge in [0.05, 0.1) is 22.5 Å². The Hall–Kier alpha value is -4.54. The predicted molar refractivity (Wildman–Crippen MR) is 137 cm³/mol. The van der Waals surface area contributed by atoms with E-state index >= 15 is 0 Å². The summed E-state index contributed by atoms with van der Waals surface area (Å²) in [4.78, 5) is 22.8. The molecule has 4 aromatic rings. The summed E-state index contributed by atoms with van der Waals surface area (Å²) in [5.41, 5.74) is 2.21. The normalized spacial score (nSPS) is 11.1. The van der Waals surface area contributed by atoms with E-state index in [2.05, 4.69) is 4.72 Å². The van der Waals surface area contributed by atoms with E-state index in [-0.39, 0.29) is 28.4 Å². The molecule has 10 heteroatoms. The van der Waals surface area contributed by atoms with Gasteiger partial charge in [0.25, 0.3) is 5.69 Å². The monoisotopic (exact) mass is 518 g/mol. The number of esters is 1. The molecular formula is C27H22N2O7S. The molecule has 0 aliphatic rings. The highest BCUT2D eigenvalue weighted by atomic mass is 32.2. The second-order valence-corrected chi connectivity index (χ2v) is 9.69. The maximum absolute atomic E-state index is 12.7. The van der Waals surface area contributed by atoms with Crippen molar-refractivity contribution >= 4 is 21.7 Å². The molecule has 0 radical (unpaired) electrons. The summed E-state index contributed by atoms with van der Waals surface area (Å²) in [5, 5.41) is 10.9. The minimum Gasteiger partial charge on any atom is -0.497 e. The van der Waals surface area contributed by atoms with Crippen LogP contribution in [0, 0.1) is 10.1 Å². The lowest BCUT2D eigenvalue weighted by atomic mass is 10.1. The van der Waals surface area contributed by atoms with E-state index in [0.29, 0.717) is 5.75 Å². The first-order valence-electron chi connectivity index (χ1n) is 11.0. The summed E-state index contributed by atoms with van der Waals surface area (Å²) in [5.74, 6) is 0.242. The molecule has 188 valence electrons. The lowest BCUT2D eigenvalue weighted by Gasteiger charge is -2.09. The molecule has 4 rings (SSSR count). The summed E-state index contributed by atoms with van der Waals surface area (Å²) in [7, 11) is -2.15. The number of nitrogens with one attached hydrogen (secondary N) is 1. The predicted octanol–water partition coefficient (Wildman–Crippen LogP) is 4.97. The summed E-state index contributed by atoms with van der Waals surface area (Å²) < 4.78 is 38.4. The Bertz CT molecular complexity index is 1520. The summed E-state index contributed by atoms with van der Waals surface area (Å²) >= 11 is 0. The van der Waals surface area contributed by atoms with Gasteiger partial charge in [-0.1, -0.05) is 42.5 Å². The first-order chi connectivity index (χ1) is 17.7. The number of sulfonamides is 1. The van der Waals surface area contributed by atoms with Crippen LogP contribution in [0.3, 0.4) is 0 Å². The molecule has 0 atom stereocenters. The standard InChI is InChI=1S/C27H22N2O7S/c1-35-24-11-5-19(6-12-24)18-28-37(33,34)26-15-9-21(10-16-26)20-7-13-25(14-8-20)36-27(30)22-3-2-4-23(17-22)29(31)32/h2-17,28H,18H2,1H3. The van der Waals surface area contributed by atoms with E-state index in [1.54, 1.807) is 67.8 Å². The Kier molecular flexibility index (Phi) is 7.61. The van der Waals surface area contributed by atoms with E-state index in [4.69, 9.17) is 9.47 Å². The van der Waals surface area contributed by atoms with E-state index < -0.39 is 20.9 Å². The third-order valence-electron chi connectivity index (χ3n) is 5.48. The van der Waals surface area contributed by atoms with Crippen molar-refractivity contribution in [3.8, 4) is 22.6 Å². The summed E-state index contributed by atoms with van der Waals surface area (Å²) in [6.07, 6.45) is 0. The van der Waals surface area contributed by atoms with Crippen LogP contribution in [0.5, 0.6) is 11.5 Å². The SMILES string of the molecule is COc1ccc(CNS(=O)(=O)c2ccc(-c3ccc(OC(=O)c4cccc([N+](=O)[O-])c4)cc3)cc2)cc1. The maximum Gasteiger partial charge on any atom is 0.343 e. The van der Waals surface area contributed by atoms with E-state index in [1.165, 1.54) is 30.3 Å². The van der Waals surface area contributed by atoms with Crippen LogP contribution in [0.15, 0.2) is 102 Å². The molecule has 37 heavy (non-hydrogen) atoms. The quantitative estimate of drug-likeness (QED) is 0.144. The van der Waals surface area contributed by atoms with Crippen LogP contribution in [0.4, 0.5) is 5.69 Å². The Morgan fingerprint density at radius 3 is 2.05 bits per heavy atom. The maximum atomic E-state index is 12.7. The Labute approximate surface area is 213 Å². The molecule has 0 spiro atoms. The highest BCUT2D eigenvalue weighted by Gasteiger charge is 2.15. The van der Waals surface area contributed by atoms with Crippen LogP contribution >= 0.6 is 0 Å². The number of non-ortho nitro benzene ring substituents is 1. The van der Waals surface area contributed by atoms with Crippen molar-refractivity contribution in [2.24, 2.45) is 0 Å². The van der Waals surface area contributed by atoms with Crippen LogP contribution < -0.4 is 14.2 Å². The van der Waals surface area contributed by atoms with Gasteiger partial charge in [0, 0.05) is 18.7 Å².